The summed E-state index contributed by atoms with van der Waals surface area (Å²) in [6.45, 7) is 0. The van der Waals surface area contributed by atoms with Crippen LogP contribution in [0.2, 0.25) is 0 Å². The average Bonchev–Trinajstić information content (AvgIpc) is 2.27. The first kappa shape index (κ1) is 14.4. The third kappa shape index (κ3) is 4.61. The van der Waals surface area contributed by atoms with Gasteiger partial charge in [0.2, 0.25) is 0 Å². The Labute approximate surface area is 117 Å². The second kappa shape index (κ2) is 8.25. The van der Waals surface area contributed by atoms with Crippen LogP contribution in [0.25, 0.3) is 0 Å². The maximum absolute atomic E-state index is 14.8. The molecule has 0 saturated heterocycles. The Hall–Kier alpha value is 0.0334. The fraction of sp³-hybridized carbons (Fsp3) is 0.750. The van der Waals surface area contributed by atoms with Gasteiger partial charge < -0.3 is 0 Å². The van der Waals surface area contributed by atoms with E-state index in [0.717, 1.165) is 25.7 Å². The topological polar surface area (TPSA) is 0 Å². The van der Waals surface area contributed by atoms with E-state index < -0.39 is 16.4 Å². The van der Waals surface area contributed by atoms with E-state index in [9.17, 15) is 3.32 Å². The Morgan fingerprint density at radius 2 is 1.11 bits per heavy atom. The second-order valence-corrected chi connectivity index (χ2v) is 8.49. The van der Waals surface area contributed by atoms with Crippen molar-refractivity contribution in [3.05, 3.63) is 20.5 Å². The summed E-state index contributed by atoms with van der Waals surface area (Å²) in [6, 6.07) is 0. The molecule has 0 radical (unpaired) electrons. The van der Waals surface area contributed by atoms with Gasteiger partial charge in [-0.25, -0.2) is 0 Å². The molecule has 0 amide bonds. The van der Waals surface area contributed by atoms with Crippen LogP contribution in [0.3, 0.4) is 0 Å². The molecule has 0 aromatic rings. The van der Waals surface area contributed by atoms with E-state index in [1.54, 1.807) is 0 Å². The summed E-state index contributed by atoms with van der Waals surface area (Å²) >= 11 is -2.15. The Morgan fingerprint density at radius 3 is 1.61 bits per heavy atom. The molecule has 0 unspecified atom stereocenters. The van der Waals surface area contributed by atoms with E-state index >= 15 is 0 Å². The van der Waals surface area contributed by atoms with Gasteiger partial charge in [-0.3, -0.25) is 0 Å². The number of hydrogen-bond acceptors (Lipinski definition) is 0. The third-order valence-corrected chi connectivity index (χ3v) is 7.14. The zero-order valence-corrected chi connectivity index (χ0v) is 13.0. The average molecular weight is 340 g/mol. The van der Waals surface area contributed by atoms with Gasteiger partial charge in [0.1, 0.15) is 0 Å². The molecule has 2 heteroatoms. The quantitative estimate of drug-likeness (QED) is 0.544. The number of rotatable bonds is 2. The molecule has 0 nitrogen and oxygen atoms in total. The zero-order valence-electron chi connectivity index (χ0n) is 11.4. The van der Waals surface area contributed by atoms with Gasteiger partial charge in [0, 0.05) is 0 Å². The minimum atomic E-state index is -2.15. The molecule has 2 rings (SSSR count). The Kier molecular flexibility index (Phi) is 6.62. The predicted octanol–water partition coefficient (Wildman–Crippen LogP) is 5.97. The van der Waals surface area contributed by atoms with Crippen molar-refractivity contribution in [3.63, 3.8) is 0 Å². The van der Waals surface area contributed by atoms with E-state index in [-0.39, 0.29) is 0 Å². The van der Waals surface area contributed by atoms with E-state index in [0.29, 0.717) is 0 Å². The first-order valence-corrected chi connectivity index (χ1v) is 9.82. The Balaban J connectivity index is 2.00. The molecule has 0 atom stereocenters. The minimum absolute atomic E-state index is 1.04. The van der Waals surface area contributed by atoms with Crippen LogP contribution in [0.1, 0.15) is 77.0 Å². The number of halogens is 1. The van der Waals surface area contributed by atoms with Crippen LogP contribution < -0.4 is 0 Å². The van der Waals surface area contributed by atoms with Crippen LogP contribution in [0.15, 0.2) is 20.5 Å². The number of hydrogen-bond donors (Lipinski definition) is 0. The summed E-state index contributed by atoms with van der Waals surface area (Å²) in [5, 5.41) is 0. The second-order valence-electron chi connectivity index (χ2n) is 5.36. The van der Waals surface area contributed by atoms with Gasteiger partial charge in [-0.1, -0.05) is 0 Å². The van der Waals surface area contributed by atoms with E-state index in [1.807, 2.05) is 0 Å². The SMILES string of the molecule is [F][Rh]([C]1=CCCCCCC1)[C]1=CCCCCCC1. The van der Waals surface area contributed by atoms with Crippen LogP contribution in [0.5, 0.6) is 0 Å². The van der Waals surface area contributed by atoms with Gasteiger partial charge in [-0.05, 0) is 0 Å². The summed E-state index contributed by atoms with van der Waals surface area (Å²) in [5.74, 6) is 0. The molecular weight excluding hydrogens is 314 g/mol. The zero-order chi connectivity index (χ0) is 12.6. The van der Waals surface area contributed by atoms with Crippen LogP contribution in [0, 0.1) is 0 Å². The molecule has 0 aromatic carbocycles. The fourth-order valence-electron chi connectivity index (χ4n) is 2.68. The van der Waals surface area contributed by atoms with Crippen molar-refractivity contribution in [1.82, 2.24) is 0 Å². The molecule has 2 aliphatic carbocycles. The van der Waals surface area contributed by atoms with E-state index in [1.165, 1.54) is 59.7 Å². The molecule has 18 heavy (non-hydrogen) atoms. The summed E-state index contributed by atoms with van der Waals surface area (Å²) in [7, 11) is 0. The molecule has 0 aliphatic heterocycles. The maximum atomic E-state index is 14.8. The molecule has 0 spiro atoms. The van der Waals surface area contributed by atoms with Gasteiger partial charge >= 0.3 is 117 Å². The molecule has 106 valence electrons. The fourth-order valence-corrected chi connectivity index (χ4v) is 5.71. The first-order valence-electron chi connectivity index (χ1n) is 7.56. The summed E-state index contributed by atoms with van der Waals surface area (Å²) in [5.41, 5.74) is 0. The summed E-state index contributed by atoms with van der Waals surface area (Å²) in [6.07, 6.45) is 19.1. The van der Waals surface area contributed by atoms with Gasteiger partial charge in [-0.15, -0.1) is 0 Å². The van der Waals surface area contributed by atoms with Crippen LogP contribution in [-0.2, 0) is 16.4 Å². The normalized spacial score (nSPS) is 23.9. The van der Waals surface area contributed by atoms with Crippen LogP contribution in [0.4, 0.5) is 3.32 Å². The van der Waals surface area contributed by atoms with Gasteiger partial charge in [0.05, 0.1) is 0 Å². The molecule has 2 aliphatic rings. The monoisotopic (exact) mass is 340 g/mol. The van der Waals surface area contributed by atoms with Gasteiger partial charge in [0.15, 0.2) is 0 Å². The van der Waals surface area contributed by atoms with Gasteiger partial charge in [0.25, 0.3) is 0 Å². The van der Waals surface area contributed by atoms with Crippen molar-refractivity contribution < 1.29 is 19.8 Å². The van der Waals surface area contributed by atoms with Crippen molar-refractivity contribution in [1.29, 1.82) is 0 Å². The predicted molar refractivity (Wildman–Crippen MR) is 72.7 cm³/mol. The summed E-state index contributed by atoms with van der Waals surface area (Å²) < 4.78 is 17.2. The molecule has 0 heterocycles. The molecule has 0 saturated carbocycles. The Morgan fingerprint density at radius 1 is 0.667 bits per heavy atom. The molecule has 0 aromatic heterocycles. The summed E-state index contributed by atoms with van der Waals surface area (Å²) in [4.78, 5) is 0. The first-order chi connectivity index (χ1) is 8.88. The van der Waals surface area contributed by atoms with E-state index in [4.69, 9.17) is 0 Å². The van der Waals surface area contributed by atoms with Crippen LogP contribution >= 0.6 is 0 Å². The van der Waals surface area contributed by atoms with Crippen molar-refractivity contribution in [3.8, 4) is 0 Å². The van der Waals surface area contributed by atoms with Crippen molar-refractivity contribution >= 4 is 0 Å². The molecule has 0 N–H and O–H groups in total. The van der Waals surface area contributed by atoms with E-state index in [2.05, 4.69) is 12.2 Å². The molecule has 0 fully saturated rings. The van der Waals surface area contributed by atoms with Crippen molar-refractivity contribution in [2.45, 2.75) is 77.0 Å². The van der Waals surface area contributed by atoms with Crippen molar-refractivity contribution in [2.24, 2.45) is 0 Å². The number of allylic oxidation sites excluding steroid dienone is 4. The standard InChI is InChI=1S/2C8H13.FH.Rh/c2*1-2-4-6-8-7-5-3-1;;/h2*1H,2,4-8H2;1H;/q;;;+1/p-1. The Bertz CT molecular complexity index is 276. The van der Waals surface area contributed by atoms with Gasteiger partial charge in [-0.2, -0.15) is 0 Å². The van der Waals surface area contributed by atoms with Crippen molar-refractivity contribution in [2.75, 3.05) is 0 Å². The van der Waals surface area contributed by atoms with Crippen LogP contribution in [-0.4, -0.2) is 0 Å². The molecular formula is C16H26FRh. The molecule has 0 bridgehead atoms. The third-order valence-electron chi connectivity index (χ3n) is 3.81.